The van der Waals surface area contributed by atoms with E-state index in [1.165, 1.54) is 47.9 Å². The molecular formula is C16H16N4. The topological polar surface area (TPSA) is 56.2 Å². The first-order valence-corrected chi connectivity index (χ1v) is 7.04. The fourth-order valence-corrected chi connectivity index (χ4v) is 2.99. The van der Waals surface area contributed by atoms with Crippen LogP contribution < -0.4 is 5.73 Å². The van der Waals surface area contributed by atoms with Crippen LogP contribution in [0.2, 0.25) is 0 Å². The largest absolute Gasteiger partial charge is 0.366 e. The van der Waals surface area contributed by atoms with Crippen LogP contribution >= 0.6 is 0 Å². The normalized spacial score (nSPS) is 14.4. The predicted molar refractivity (Wildman–Crippen MR) is 79.5 cm³/mol. The highest BCUT2D eigenvalue weighted by Gasteiger charge is 2.10. The van der Waals surface area contributed by atoms with Gasteiger partial charge in [0.05, 0.1) is 0 Å². The fraction of sp³-hybridized carbons (Fsp3) is 0.250. The second-order valence-corrected chi connectivity index (χ2v) is 5.38. The van der Waals surface area contributed by atoms with Crippen LogP contribution in [0.1, 0.15) is 24.0 Å². The van der Waals surface area contributed by atoms with Crippen LogP contribution in [0, 0.1) is 0 Å². The number of nitrogen functional groups attached to an aromatic ring is 1. The van der Waals surface area contributed by atoms with E-state index in [0.717, 1.165) is 5.65 Å². The summed E-state index contributed by atoms with van der Waals surface area (Å²) in [5.41, 5.74) is 11.8. The molecule has 0 radical (unpaired) electrons. The molecule has 0 atom stereocenters. The maximum Gasteiger partial charge on any atom is 0.240 e. The molecule has 0 unspecified atom stereocenters. The molecule has 4 nitrogen and oxygen atoms in total. The van der Waals surface area contributed by atoms with Crippen molar-refractivity contribution >= 4 is 11.6 Å². The average molecular weight is 264 g/mol. The van der Waals surface area contributed by atoms with E-state index in [2.05, 4.69) is 34.3 Å². The Morgan fingerprint density at radius 1 is 0.950 bits per heavy atom. The first-order valence-electron chi connectivity index (χ1n) is 7.04. The Bertz CT molecular complexity index is 788. The lowest BCUT2D eigenvalue weighted by Crippen LogP contribution is -2.02. The number of benzene rings is 1. The van der Waals surface area contributed by atoms with Gasteiger partial charge in [-0.05, 0) is 60.1 Å². The lowest BCUT2D eigenvalue weighted by Gasteiger charge is -2.16. The molecule has 1 aliphatic carbocycles. The molecular weight excluding hydrogens is 248 g/mol. The number of fused-ring (bicyclic) bond motifs is 2. The predicted octanol–water partition coefficient (Wildman–Crippen LogP) is 2.86. The van der Waals surface area contributed by atoms with Gasteiger partial charge in [-0.25, -0.2) is 4.52 Å². The zero-order chi connectivity index (χ0) is 13.5. The Labute approximate surface area is 117 Å². The smallest absolute Gasteiger partial charge is 0.240 e. The zero-order valence-corrected chi connectivity index (χ0v) is 11.2. The molecule has 2 aromatic heterocycles. The number of pyridine rings is 1. The van der Waals surface area contributed by atoms with Crippen molar-refractivity contribution in [1.82, 2.24) is 14.6 Å². The van der Waals surface area contributed by atoms with Crippen LogP contribution in [0.4, 0.5) is 5.95 Å². The molecule has 100 valence electrons. The highest BCUT2D eigenvalue weighted by molar-refractivity contribution is 5.68. The quantitative estimate of drug-likeness (QED) is 0.735. The molecule has 2 heterocycles. The van der Waals surface area contributed by atoms with Crippen LogP contribution in [-0.4, -0.2) is 14.6 Å². The molecule has 3 aromatic rings. The first-order chi connectivity index (χ1) is 9.79. The van der Waals surface area contributed by atoms with E-state index < -0.39 is 0 Å². The Kier molecular flexibility index (Phi) is 2.49. The molecule has 4 heteroatoms. The highest BCUT2D eigenvalue weighted by atomic mass is 15.3. The van der Waals surface area contributed by atoms with Gasteiger partial charge >= 0.3 is 0 Å². The average Bonchev–Trinajstić information content (AvgIpc) is 2.85. The lowest BCUT2D eigenvalue weighted by molar-refractivity contribution is 0.686. The van der Waals surface area contributed by atoms with Gasteiger partial charge in [-0.2, -0.15) is 4.98 Å². The van der Waals surface area contributed by atoms with Crippen LogP contribution in [0.25, 0.3) is 16.8 Å². The van der Waals surface area contributed by atoms with Crippen molar-refractivity contribution in [2.45, 2.75) is 25.7 Å². The summed E-state index contributed by atoms with van der Waals surface area (Å²) in [7, 11) is 0. The van der Waals surface area contributed by atoms with Crippen LogP contribution in [0.3, 0.4) is 0 Å². The monoisotopic (exact) mass is 264 g/mol. The van der Waals surface area contributed by atoms with E-state index in [4.69, 9.17) is 5.73 Å². The molecule has 2 N–H and O–H groups in total. The molecule has 1 aromatic carbocycles. The van der Waals surface area contributed by atoms with Gasteiger partial charge in [0.25, 0.3) is 0 Å². The Morgan fingerprint density at radius 3 is 2.65 bits per heavy atom. The van der Waals surface area contributed by atoms with Crippen molar-refractivity contribution in [2.24, 2.45) is 0 Å². The Morgan fingerprint density at radius 2 is 1.75 bits per heavy atom. The summed E-state index contributed by atoms with van der Waals surface area (Å²) in [5.74, 6) is 0.313. The number of aryl methyl sites for hydroxylation is 2. The number of nitrogens with zero attached hydrogens (tertiary/aromatic N) is 3. The third kappa shape index (κ3) is 1.84. The summed E-state index contributed by atoms with van der Waals surface area (Å²) in [5, 5.41) is 4.10. The van der Waals surface area contributed by atoms with E-state index in [0.29, 0.717) is 5.95 Å². The maximum absolute atomic E-state index is 5.63. The second kappa shape index (κ2) is 4.34. The van der Waals surface area contributed by atoms with Gasteiger partial charge in [-0.3, -0.25) is 0 Å². The van der Waals surface area contributed by atoms with Crippen molar-refractivity contribution in [3.63, 3.8) is 0 Å². The van der Waals surface area contributed by atoms with E-state index in [1.54, 1.807) is 4.52 Å². The van der Waals surface area contributed by atoms with Crippen molar-refractivity contribution in [3.8, 4) is 11.1 Å². The number of anilines is 1. The summed E-state index contributed by atoms with van der Waals surface area (Å²) >= 11 is 0. The lowest BCUT2D eigenvalue weighted by atomic mass is 9.89. The first kappa shape index (κ1) is 11.5. The van der Waals surface area contributed by atoms with Gasteiger partial charge in [0.2, 0.25) is 5.95 Å². The Hall–Kier alpha value is -2.36. The molecule has 4 rings (SSSR count). The van der Waals surface area contributed by atoms with Gasteiger partial charge in [0.1, 0.15) is 0 Å². The number of hydrogen-bond acceptors (Lipinski definition) is 3. The number of aromatic nitrogens is 3. The van der Waals surface area contributed by atoms with E-state index in [9.17, 15) is 0 Å². The minimum Gasteiger partial charge on any atom is -0.366 e. The number of hydrogen-bond donors (Lipinski definition) is 1. The van der Waals surface area contributed by atoms with Crippen LogP contribution in [0.15, 0.2) is 36.5 Å². The second-order valence-electron chi connectivity index (χ2n) is 5.38. The van der Waals surface area contributed by atoms with Gasteiger partial charge in [-0.15, -0.1) is 5.10 Å². The van der Waals surface area contributed by atoms with Gasteiger partial charge < -0.3 is 5.73 Å². The Balaban J connectivity index is 1.81. The minimum absolute atomic E-state index is 0.313. The summed E-state index contributed by atoms with van der Waals surface area (Å²) in [6.07, 6.45) is 6.94. The summed E-state index contributed by atoms with van der Waals surface area (Å²) in [6, 6.07) is 10.9. The van der Waals surface area contributed by atoms with Crippen molar-refractivity contribution in [1.29, 1.82) is 0 Å². The molecule has 0 aliphatic heterocycles. The van der Waals surface area contributed by atoms with Crippen LogP contribution in [0.5, 0.6) is 0 Å². The molecule has 0 spiro atoms. The van der Waals surface area contributed by atoms with E-state index in [-0.39, 0.29) is 0 Å². The summed E-state index contributed by atoms with van der Waals surface area (Å²) < 4.78 is 1.71. The van der Waals surface area contributed by atoms with E-state index in [1.807, 2.05) is 12.3 Å². The number of nitrogens with two attached hydrogens (primary N) is 1. The molecule has 0 bridgehead atoms. The van der Waals surface area contributed by atoms with Gasteiger partial charge in [-0.1, -0.05) is 18.2 Å². The maximum atomic E-state index is 5.63. The van der Waals surface area contributed by atoms with Gasteiger partial charge in [0, 0.05) is 6.20 Å². The van der Waals surface area contributed by atoms with Crippen LogP contribution in [-0.2, 0) is 12.8 Å². The standard InChI is InChI=1S/C16H16N4/c17-16-18-15-10-14(7-8-20(15)19-16)13-6-5-11-3-1-2-4-12(11)9-13/h5-10H,1-4H2,(H2,17,19). The molecule has 20 heavy (non-hydrogen) atoms. The SMILES string of the molecule is Nc1nc2cc(-c3ccc4c(c3)CCCC4)ccn2n1. The molecule has 0 saturated heterocycles. The molecule has 0 amide bonds. The molecule has 0 saturated carbocycles. The fourth-order valence-electron chi connectivity index (χ4n) is 2.99. The van der Waals surface area contributed by atoms with Gasteiger partial charge in [0.15, 0.2) is 5.65 Å². The third-order valence-electron chi connectivity index (χ3n) is 4.04. The van der Waals surface area contributed by atoms with Crippen molar-refractivity contribution < 1.29 is 0 Å². The molecule has 1 aliphatic rings. The van der Waals surface area contributed by atoms with Crippen molar-refractivity contribution in [3.05, 3.63) is 47.7 Å². The summed E-state index contributed by atoms with van der Waals surface area (Å²) in [6.45, 7) is 0. The highest BCUT2D eigenvalue weighted by Crippen LogP contribution is 2.27. The minimum atomic E-state index is 0.313. The van der Waals surface area contributed by atoms with E-state index >= 15 is 0 Å². The molecule has 0 fully saturated rings. The number of rotatable bonds is 1. The zero-order valence-electron chi connectivity index (χ0n) is 11.2. The summed E-state index contributed by atoms with van der Waals surface area (Å²) in [4.78, 5) is 4.22. The third-order valence-corrected chi connectivity index (χ3v) is 4.04. The van der Waals surface area contributed by atoms with Crippen molar-refractivity contribution in [2.75, 3.05) is 5.73 Å².